The van der Waals surface area contributed by atoms with E-state index in [-0.39, 0.29) is 24.3 Å². The molecule has 0 fully saturated rings. The third-order valence-electron chi connectivity index (χ3n) is 6.35. The fraction of sp³-hybridized carbons (Fsp3) is 0.185. The first-order valence-corrected chi connectivity index (χ1v) is 11.1. The number of carbonyl (C=O) groups excluding carboxylic acids is 4. The molecular formula is C27H22N2O6. The molecule has 0 atom stereocenters. The minimum absolute atomic E-state index is 0.0374. The summed E-state index contributed by atoms with van der Waals surface area (Å²) in [5.41, 5.74) is 3.74. The van der Waals surface area contributed by atoms with E-state index in [1.165, 1.54) is 19.1 Å². The molecule has 5 rings (SSSR count). The maximum Gasteiger partial charge on any atom is 0.337 e. The summed E-state index contributed by atoms with van der Waals surface area (Å²) in [6.45, 7) is 0.486. The summed E-state index contributed by atoms with van der Waals surface area (Å²) in [6.07, 6.45) is 0.600. The van der Waals surface area contributed by atoms with E-state index in [2.05, 4.69) is 0 Å². The zero-order valence-corrected chi connectivity index (χ0v) is 19.2. The Labute approximate surface area is 201 Å². The van der Waals surface area contributed by atoms with Crippen LogP contribution in [0.4, 0.5) is 5.69 Å². The van der Waals surface area contributed by atoms with E-state index in [4.69, 9.17) is 9.47 Å². The number of anilines is 1. The largest absolute Gasteiger partial charge is 0.496 e. The number of fused-ring (bicyclic) bond motifs is 2. The van der Waals surface area contributed by atoms with E-state index in [1.54, 1.807) is 65.6 Å². The molecule has 0 saturated carbocycles. The van der Waals surface area contributed by atoms with Gasteiger partial charge in [0.2, 0.25) is 0 Å². The fourth-order valence-corrected chi connectivity index (χ4v) is 4.59. The Kier molecular flexibility index (Phi) is 5.56. The highest BCUT2D eigenvalue weighted by Gasteiger charge is 2.35. The van der Waals surface area contributed by atoms with Gasteiger partial charge in [0.05, 0.1) is 43.0 Å². The molecule has 3 amide bonds. The van der Waals surface area contributed by atoms with Crippen molar-refractivity contribution in [3.05, 3.63) is 94.0 Å². The lowest BCUT2D eigenvalue weighted by atomic mass is 10.1. The number of esters is 1. The van der Waals surface area contributed by atoms with Crippen LogP contribution in [0.25, 0.3) is 0 Å². The van der Waals surface area contributed by atoms with Crippen LogP contribution >= 0.6 is 0 Å². The number of nitrogens with zero attached hydrogens (tertiary/aromatic N) is 2. The van der Waals surface area contributed by atoms with Crippen LogP contribution in [0.3, 0.4) is 0 Å². The highest BCUT2D eigenvalue weighted by atomic mass is 16.5. The predicted octanol–water partition coefficient (Wildman–Crippen LogP) is 3.48. The number of benzene rings is 3. The maximum atomic E-state index is 13.6. The van der Waals surface area contributed by atoms with E-state index in [1.807, 2.05) is 0 Å². The third-order valence-corrected chi connectivity index (χ3v) is 6.35. The number of hydrogen-bond acceptors (Lipinski definition) is 6. The quantitative estimate of drug-likeness (QED) is 0.419. The Morgan fingerprint density at radius 1 is 0.914 bits per heavy atom. The number of imide groups is 1. The number of carbonyl (C=O) groups is 4. The second-order valence-electron chi connectivity index (χ2n) is 8.32. The molecule has 0 spiro atoms. The van der Waals surface area contributed by atoms with Gasteiger partial charge in [0, 0.05) is 12.2 Å². The Balaban J connectivity index is 1.43. The molecule has 2 aliphatic heterocycles. The molecule has 8 nitrogen and oxygen atoms in total. The van der Waals surface area contributed by atoms with Gasteiger partial charge in [-0.3, -0.25) is 19.3 Å². The normalized spacial score (nSPS) is 14.1. The Bertz CT molecular complexity index is 1360. The van der Waals surface area contributed by atoms with Crippen LogP contribution in [-0.2, 0) is 17.7 Å². The highest BCUT2D eigenvalue weighted by Crippen LogP contribution is 2.33. The average Bonchev–Trinajstić information content (AvgIpc) is 3.42. The minimum Gasteiger partial charge on any atom is -0.496 e. The number of ether oxygens (including phenoxy) is 2. The topological polar surface area (TPSA) is 93.2 Å². The van der Waals surface area contributed by atoms with E-state index in [0.717, 1.165) is 11.3 Å². The van der Waals surface area contributed by atoms with Crippen LogP contribution in [0.1, 0.15) is 52.6 Å². The molecule has 0 saturated heterocycles. The van der Waals surface area contributed by atoms with Crippen LogP contribution in [-0.4, -0.2) is 49.4 Å². The first-order valence-electron chi connectivity index (χ1n) is 11.1. The van der Waals surface area contributed by atoms with E-state index in [9.17, 15) is 19.2 Å². The van der Waals surface area contributed by atoms with Gasteiger partial charge in [0.15, 0.2) is 0 Å². The molecule has 3 aromatic carbocycles. The summed E-state index contributed by atoms with van der Waals surface area (Å²) in [4.78, 5) is 53.8. The van der Waals surface area contributed by atoms with Crippen LogP contribution in [0.5, 0.6) is 5.75 Å². The molecule has 0 radical (unpaired) electrons. The Morgan fingerprint density at radius 2 is 1.63 bits per heavy atom. The molecule has 3 aromatic rings. The zero-order chi connectivity index (χ0) is 24.7. The summed E-state index contributed by atoms with van der Waals surface area (Å²) >= 11 is 0. The monoisotopic (exact) mass is 470 g/mol. The van der Waals surface area contributed by atoms with Gasteiger partial charge < -0.3 is 14.4 Å². The van der Waals surface area contributed by atoms with E-state index < -0.39 is 5.97 Å². The second-order valence-corrected chi connectivity index (χ2v) is 8.32. The Hall–Kier alpha value is -4.46. The molecule has 8 heteroatoms. The number of amides is 3. The summed E-state index contributed by atoms with van der Waals surface area (Å²) in [5, 5.41) is 0. The minimum atomic E-state index is -0.430. The summed E-state index contributed by atoms with van der Waals surface area (Å²) in [7, 11) is 2.81. The first-order chi connectivity index (χ1) is 16.9. The fourth-order valence-electron chi connectivity index (χ4n) is 4.59. The standard InChI is InChI=1S/C27H22N2O6/c1-34-23-10-7-16(15-29-24(30)19-5-3-4-6-20(19)25(29)31)13-21(23)26(32)28-12-11-17-14-18(27(33)35-2)8-9-22(17)28/h3-10,13-14H,11-12,15H2,1-2H3. The molecule has 2 aliphatic rings. The molecule has 0 bridgehead atoms. The van der Waals surface area contributed by atoms with Crippen LogP contribution in [0.2, 0.25) is 0 Å². The van der Waals surface area contributed by atoms with Crippen molar-refractivity contribution in [3.63, 3.8) is 0 Å². The third kappa shape index (κ3) is 3.73. The number of rotatable bonds is 5. The molecule has 2 heterocycles. The van der Waals surface area contributed by atoms with Gasteiger partial charge in [-0.15, -0.1) is 0 Å². The van der Waals surface area contributed by atoms with Crippen LogP contribution < -0.4 is 9.64 Å². The van der Waals surface area contributed by atoms with Crippen LogP contribution in [0.15, 0.2) is 60.7 Å². The summed E-state index contributed by atoms with van der Waals surface area (Å²) < 4.78 is 10.2. The summed E-state index contributed by atoms with van der Waals surface area (Å²) in [6, 6.07) is 16.9. The first kappa shape index (κ1) is 22.3. The van der Waals surface area contributed by atoms with Crippen LogP contribution in [0, 0.1) is 0 Å². The molecule has 176 valence electrons. The molecule has 35 heavy (non-hydrogen) atoms. The Morgan fingerprint density at radius 3 is 2.29 bits per heavy atom. The number of hydrogen-bond donors (Lipinski definition) is 0. The average molecular weight is 470 g/mol. The van der Waals surface area contributed by atoms with Gasteiger partial charge in [0.25, 0.3) is 17.7 Å². The maximum absolute atomic E-state index is 13.6. The van der Waals surface area contributed by atoms with Crippen molar-refractivity contribution in [2.24, 2.45) is 0 Å². The van der Waals surface area contributed by atoms with Crippen molar-refractivity contribution in [2.45, 2.75) is 13.0 Å². The highest BCUT2D eigenvalue weighted by molar-refractivity contribution is 6.21. The lowest BCUT2D eigenvalue weighted by Crippen LogP contribution is -2.30. The van der Waals surface area contributed by atoms with Crippen molar-refractivity contribution in [1.82, 2.24) is 4.90 Å². The van der Waals surface area contributed by atoms with Crippen molar-refractivity contribution in [2.75, 3.05) is 25.7 Å². The lowest BCUT2D eigenvalue weighted by molar-refractivity contribution is 0.0597. The molecule has 0 aromatic heterocycles. The predicted molar refractivity (Wildman–Crippen MR) is 127 cm³/mol. The van der Waals surface area contributed by atoms with Crippen molar-refractivity contribution in [3.8, 4) is 5.75 Å². The van der Waals surface area contributed by atoms with Gasteiger partial charge in [-0.1, -0.05) is 18.2 Å². The number of methoxy groups -OCH3 is 2. The van der Waals surface area contributed by atoms with Gasteiger partial charge in [-0.25, -0.2) is 4.79 Å². The molecule has 0 unspecified atom stereocenters. The van der Waals surface area contributed by atoms with E-state index in [0.29, 0.717) is 46.5 Å². The van der Waals surface area contributed by atoms with E-state index >= 15 is 0 Å². The van der Waals surface area contributed by atoms with Crippen molar-refractivity contribution < 1.29 is 28.7 Å². The molecule has 0 N–H and O–H groups in total. The van der Waals surface area contributed by atoms with Gasteiger partial charge >= 0.3 is 5.97 Å². The zero-order valence-electron chi connectivity index (χ0n) is 19.2. The van der Waals surface area contributed by atoms with Gasteiger partial charge in [-0.2, -0.15) is 0 Å². The smallest absolute Gasteiger partial charge is 0.337 e. The SMILES string of the molecule is COC(=O)c1ccc2c(c1)CCN2C(=O)c1cc(CN2C(=O)c3ccccc3C2=O)ccc1OC. The second kappa shape index (κ2) is 8.72. The van der Waals surface area contributed by atoms with Gasteiger partial charge in [0.1, 0.15) is 5.75 Å². The van der Waals surface area contributed by atoms with Crippen molar-refractivity contribution in [1.29, 1.82) is 0 Å². The molecular weight excluding hydrogens is 448 g/mol. The van der Waals surface area contributed by atoms with Crippen molar-refractivity contribution >= 4 is 29.4 Å². The summed E-state index contributed by atoms with van der Waals surface area (Å²) in [5.74, 6) is -1.02. The molecule has 0 aliphatic carbocycles. The van der Waals surface area contributed by atoms with Gasteiger partial charge in [-0.05, 0) is 60.0 Å². The lowest BCUT2D eigenvalue weighted by Gasteiger charge is -2.20.